The smallest absolute Gasteiger partial charge is 0.309 e. The summed E-state index contributed by atoms with van der Waals surface area (Å²) in [5.41, 5.74) is 1.60. The van der Waals surface area contributed by atoms with E-state index in [9.17, 15) is 9.59 Å². The summed E-state index contributed by atoms with van der Waals surface area (Å²) in [5, 5.41) is 0. The van der Waals surface area contributed by atoms with Gasteiger partial charge in [0.05, 0.1) is 20.1 Å². The van der Waals surface area contributed by atoms with E-state index in [1.807, 2.05) is 24.3 Å². The van der Waals surface area contributed by atoms with Crippen LogP contribution in [0.1, 0.15) is 17.0 Å². The molecule has 0 bridgehead atoms. The number of halogens is 1. The molecule has 0 atom stereocenters. The summed E-state index contributed by atoms with van der Waals surface area (Å²) < 4.78 is 6.68. The monoisotopic (exact) mass is 350 g/mol. The molecule has 0 amide bonds. The van der Waals surface area contributed by atoms with Crippen LogP contribution in [0.15, 0.2) is 39.7 Å². The van der Waals surface area contributed by atoms with Gasteiger partial charge >= 0.3 is 5.97 Å². The molecule has 5 nitrogen and oxygen atoms in total. The zero-order valence-corrected chi connectivity index (χ0v) is 13.4. The Balaban J connectivity index is 2.39. The molecule has 0 fully saturated rings. The van der Waals surface area contributed by atoms with Gasteiger partial charge in [0.15, 0.2) is 0 Å². The molecule has 0 radical (unpaired) electrons. The fraction of sp³-hybridized carbons (Fsp3) is 0.267. The fourth-order valence-electron chi connectivity index (χ4n) is 2.02. The van der Waals surface area contributed by atoms with Gasteiger partial charge in [-0.2, -0.15) is 0 Å². The molecule has 110 valence electrons. The van der Waals surface area contributed by atoms with E-state index < -0.39 is 0 Å². The highest BCUT2D eigenvalue weighted by atomic mass is 79.9. The number of aromatic nitrogens is 2. The van der Waals surface area contributed by atoms with Crippen LogP contribution >= 0.6 is 15.9 Å². The van der Waals surface area contributed by atoms with Crippen LogP contribution in [0.25, 0.3) is 0 Å². The number of benzene rings is 1. The molecule has 0 unspecified atom stereocenters. The Hall–Kier alpha value is -1.95. The second-order valence-corrected chi connectivity index (χ2v) is 5.42. The molecule has 2 rings (SSSR count). The van der Waals surface area contributed by atoms with Crippen molar-refractivity contribution in [1.29, 1.82) is 0 Å². The predicted molar refractivity (Wildman–Crippen MR) is 82.2 cm³/mol. The standard InChI is InChI=1S/C15H15BrN2O3/c1-10-17-8-13(16)15(20)18(10)9-12-6-4-3-5-11(12)7-14(19)21-2/h3-6,8H,7,9H2,1-2H3. The van der Waals surface area contributed by atoms with Crippen molar-refractivity contribution in [1.82, 2.24) is 9.55 Å². The molecule has 0 spiro atoms. The van der Waals surface area contributed by atoms with Crippen molar-refractivity contribution >= 4 is 21.9 Å². The molecular formula is C15H15BrN2O3. The van der Waals surface area contributed by atoms with Crippen molar-refractivity contribution in [2.45, 2.75) is 19.9 Å². The lowest BCUT2D eigenvalue weighted by Gasteiger charge is -2.12. The Morgan fingerprint density at radius 2 is 2.00 bits per heavy atom. The maximum atomic E-state index is 12.2. The number of ether oxygens (including phenoxy) is 1. The SMILES string of the molecule is COC(=O)Cc1ccccc1Cn1c(C)ncc(Br)c1=O. The lowest BCUT2D eigenvalue weighted by Crippen LogP contribution is -2.25. The van der Waals surface area contributed by atoms with Gasteiger partial charge in [0.2, 0.25) is 0 Å². The quantitative estimate of drug-likeness (QED) is 0.792. The van der Waals surface area contributed by atoms with Crippen LogP contribution < -0.4 is 5.56 Å². The number of methoxy groups -OCH3 is 1. The second kappa shape index (κ2) is 6.67. The first-order valence-corrected chi connectivity index (χ1v) is 7.17. The van der Waals surface area contributed by atoms with Gasteiger partial charge in [-0.1, -0.05) is 24.3 Å². The van der Waals surface area contributed by atoms with Crippen molar-refractivity contribution in [3.8, 4) is 0 Å². The molecule has 1 aromatic heterocycles. The van der Waals surface area contributed by atoms with Gasteiger partial charge in [-0.3, -0.25) is 14.2 Å². The highest BCUT2D eigenvalue weighted by Crippen LogP contribution is 2.13. The molecule has 0 saturated carbocycles. The van der Waals surface area contributed by atoms with Crippen LogP contribution in [0, 0.1) is 6.92 Å². The van der Waals surface area contributed by atoms with E-state index >= 15 is 0 Å². The van der Waals surface area contributed by atoms with Gasteiger partial charge in [0.1, 0.15) is 10.3 Å². The molecule has 0 N–H and O–H groups in total. The maximum Gasteiger partial charge on any atom is 0.309 e. The normalized spacial score (nSPS) is 10.4. The topological polar surface area (TPSA) is 61.2 Å². The number of esters is 1. The van der Waals surface area contributed by atoms with Crippen molar-refractivity contribution < 1.29 is 9.53 Å². The summed E-state index contributed by atoms with van der Waals surface area (Å²) in [5.74, 6) is 0.315. The minimum absolute atomic E-state index is 0.143. The number of hydrogen-bond acceptors (Lipinski definition) is 4. The van der Waals surface area contributed by atoms with Crippen molar-refractivity contribution in [2.24, 2.45) is 0 Å². The van der Waals surface area contributed by atoms with E-state index in [2.05, 4.69) is 20.9 Å². The maximum absolute atomic E-state index is 12.2. The number of aryl methyl sites for hydroxylation is 1. The Morgan fingerprint density at radius 1 is 1.33 bits per heavy atom. The lowest BCUT2D eigenvalue weighted by atomic mass is 10.0. The van der Waals surface area contributed by atoms with Crippen LogP contribution in [0.3, 0.4) is 0 Å². The van der Waals surface area contributed by atoms with Gasteiger partial charge in [-0.05, 0) is 34.0 Å². The van der Waals surface area contributed by atoms with E-state index in [-0.39, 0.29) is 17.9 Å². The Labute approximate surface area is 130 Å². The Bertz CT molecular complexity index is 725. The molecule has 1 aromatic carbocycles. The number of carbonyl (C=O) groups is 1. The molecule has 0 aliphatic rings. The number of rotatable bonds is 4. The zero-order valence-electron chi connectivity index (χ0n) is 11.8. The summed E-state index contributed by atoms with van der Waals surface area (Å²) in [7, 11) is 1.36. The summed E-state index contributed by atoms with van der Waals surface area (Å²) in [6, 6.07) is 7.49. The fourth-order valence-corrected chi connectivity index (χ4v) is 2.34. The number of carbonyl (C=O) groups excluding carboxylic acids is 1. The third-order valence-corrected chi connectivity index (χ3v) is 3.76. The van der Waals surface area contributed by atoms with Gasteiger partial charge in [0.25, 0.3) is 5.56 Å². The van der Waals surface area contributed by atoms with Crippen LogP contribution in [0.5, 0.6) is 0 Å². The first-order chi connectivity index (χ1) is 10.0. The Morgan fingerprint density at radius 3 is 2.67 bits per heavy atom. The molecule has 1 heterocycles. The van der Waals surface area contributed by atoms with Crippen molar-refractivity contribution in [3.63, 3.8) is 0 Å². The highest BCUT2D eigenvalue weighted by molar-refractivity contribution is 9.10. The van der Waals surface area contributed by atoms with Gasteiger partial charge in [-0.15, -0.1) is 0 Å². The second-order valence-electron chi connectivity index (χ2n) is 4.57. The van der Waals surface area contributed by atoms with Gasteiger partial charge in [0, 0.05) is 6.20 Å². The summed E-state index contributed by atoms with van der Waals surface area (Å²) in [4.78, 5) is 27.8. The minimum atomic E-state index is -0.307. The summed E-state index contributed by atoms with van der Waals surface area (Å²) in [6.07, 6.45) is 1.68. The largest absolute Gasteiger partial charge is 0.469 e. The van der Waals surface area contributed by atoms with Crippen molar-refractivity contribution in [2.75, 3.05) is 7.11 Å². The lowest BCUT2D eigenvalue weighted by molar-refractivity contribution is -0.139. The number of nitrogens with zero attached hydrogens (tertiary/aromatic N) is 2. The first kappa shape index (κ1) is 15.4. The molecular weight excluding hydrogens is 336 g/mol. The van der Waals surface area contributed by atoms with Crippen LogP contribution in [-0.4, -0.2) is 22.6 Å². The van der Waals surface area contributed by atoms with Crippen LogP contribution in [-0.2, 0) is 22.5 Å². The summed E-state index contributed by atoms with van der Waals surface area (Å²) in [6.45, 7) is 2.14. The third-order valence-electron chi connectivity index (χ3n) is 3.21. The predicted octanol–water partition coefficient (Wildman–Crippen LogP) is 2.08. The van der Waals surface area contributed by atoms with Gasteiger partial charge in [-0.25, -0.2) is 4.98 Å². The molecule has 0 aliphatic carbocycles. The molecule has 6 heteroatoms. The molecule has 21 heavy (non-hydrogen) atoms. The molecule has 0 aliphatic heterocycles. The zero-order chi connectivity index (χ0) is 15.4. The van der Waals surface area contributed by atoms with Gasteiger partial charge < -0.3 is 4.74 Å². The minimum Gasteiger partial charge on any atom is -0.469 e. The highest BCUT2D eigenvalue weighted by Gasteiger charge is 2.11. The van der Waals surface area contributed by atoms with E-state index in [1.165, 1.54) is 13.3 Å². The van der Waals surface area contributed by atoms with E-state index in [0.29, 0.717) is 16.8 Å². The Kier molecular flexibility index (Phi) is 4.90. The van der Waals surface area contributed by atoms with Crippen LogP contribution in [0.4, 0.5) is 0 Å². The average Bonchev–Trinajstić information content (AvgIpc) is 2.49. The summed E-state index contributed by atoms with van der Waals surface area (Å²) >= 11 is 3.19. The molecule has 2 aromatic rings. The van der Waals surface area contributed by atoms with Crippen molar-refractivity contribution in [3.05, 3.63) is 62.2 Å². The van der Waals surface area contributed by atoms with E-state index in [1.54, 1.807) is 11.5 Å². The van der Waals surface area contributed by atoms with E-state index in [0.717, 1.165) is 11.1 Å². The molecule has 0 saturated heterocycles. The van der Waals surface area contributed by atoms with E-state index in [4.69, 9.17) is 4.74 Å². The average molecular weight is 351 g/mol. The number of hydrogen-bond donors (Lipinski definition) is 0. The van der Waals surface area contributed by atoms with Crippen LogP contribution in [0.2, 0.25) is 0 Å². The third kappa shape index (κ3) is 3.58. The first-order valence-electron chi connectivity index (χ1n) is 6.38.